The van der Waals surface area contributed by atoms with Gasteiger partial charge in [-0.3, -0.25) is 0 Å². The molecule has 2 aromatic rings. The lowest BCUT2D eigenvalue weighted by molar-refractivity contribution is 0.415. The van der Waals surface area contributed by atoms with E-state index in [1.165, 1.54) is 0 Å². The zero-order valence-electron chi connectivity index (χ0n) is 8.70. The van der Waals surface area contributed by atoms with Crippen molar-refractivity contribution in [2.45, 2.75) is 5.75 Å². The molecule has 1 N–H and O–H groups in total. The SMILES string of the molecule is COc1ccc(-c2cnc(CS)[nH]2)c(Cl)c1. The Morgan fingerprint density at radius 2 is 2.31 bits per heavy atom. The van der Waals surface area contributed by atoms with Crippen LogP contribution in [0.2, 0.25) is 5.02 Å². The first kappa shape index (κ1) is 11.4. The Morgan fingerprint density at radius 1 is 1.50 bits per heavy atom. The number of halogens is 1. The molecule has 84 valence electrons. The summed E-state index contributed by atoms with van der Waals surface area (Å²) >= 11 is 10.3. The second kappa shape index (κ2) is 4.80. The number of thiol groups is 1. The van der Waals surface area contributed by atoms with Gasteiger partial charge in [-0.2, -0.15) is 12.6 Å². The summed E-state index contributed by atoms with van der Waals surface area (Å²) in [7, 11) is 1.61. The van der Waals surface area contributed by atoms with Crippen LogP contribution in [0.1, 0.15) is 5.82 Å². The highest BCUT2D eigenvalue weighted by Crippen LogP contribution is 2.30. The molecule has 1 heterocycles. The van der Waals surface area contributed by atoms with Crippen LogP contribution in [-0.2, 0) is 5.75 Å². The fourth-order valence-electron chi connectivity index (χ4n) is 1.42. The Kier molecular flexibility index (Phi) is 3.41. The summed E-state index contributed by atoms with van der Waals surface area (Å²) in [6.45, 7) is 0. The number of nitrogens with one attached hydrogen (secondary N) is 1. The van der Waals surface area contributed by atoms with Crippen LogP contribution in [0.4, 0.5) is 0 Å². The molecule has 0 saturated carbocycles. The molecule has 0 atom stereocenters. The smallest absolute Gasteiger partial charge is 0.120 e. The van der Waals surface area contributed by atoms with Gasteiger partial charge < -0.3 is 9.72 Å². The van der Waals surface area contributed by atoms with Crippen molar-refractivity contribution in [3.63, 3.8) is 0 Å². The topological polar surface area (TPSA) is 37.9 Å². The predicted octanol–water partition coefficient (Wildman–Crippen LogP) is 3.17. The first-order chi connectivity index (χ1) is 7.74. The molecule has 0 fully saturated rings. The first-order valence-corrected chi connectivity index (χ1v) is 5.74. The van der Waals surface area contributed by atoms with Crippen molar-refractivity contribution in [1.82, 2.24) is 9.97 Å². The molecular weight excluding hydrogens is 244 g/mol. The fourth-order valence-corrected chi connectivity index (χ4v) is 1.85. The van der Waals surface area contributed by atoms with E-state index in [4.69, 9.17) is 16.3 Å². The molecule has 2 rings (SSSR count). The van der Waals surface area contributed by atoms with E-state index in [1.54, 1.807) is 19.4 Å². The summed E-state index contributed by atoms with van der Waals surface area (Å²) in [6.07, 6.45) is 1.75. The van der Waals surface area contributed by atoms with Gasteiger partial charge in [0.15, 0.2) is 0 Å². The van der Waals surface area contributed by atoms with Crippen LogP contribution in [0.5, 0.6) is 5.75 Å². The number of hydrogen-bond acceptors (Lipinski definition) is 3. The van der Waals surface area contributed by atoms with Crippen molar-refractivity contribution < 1.29 is 4.74 Å². The molecule has 5 heteroatoms. The van der Waals surface area contributed by atoms with Crippen LogP contribution >= 0.6 is 24.2 Å². The second-order valence-corrected chi connectivity index (χ2v) is 3.97. The van der Waals surface area contributed by atoms with Crippen molar-refractivity contribution in [3.05, 3.63) is 35.2 Å². The molecule has 0 aliphatic carbocycles. The van der Waals surface area contributed by atoms with Crippen LogP contribution in [0, 0.1) is 0 Å². The lowest BCUT2D eigenvalue weighted by Crippen LogP contribution is -1.85. The van der Waals surface area contributed by atoms with Gasteiger partial charge in [0.05, 0.1) is 24.0 Å². The Labute approximate surface area is 104 Å². The first-order valence-electron chi connectivity index (χ1n) is 4.73. The molecule has 0 bridgehead atoms. The molecule has 3 nitrogen and oxygen atoms in total. The molecule has 0 saturated heterocycles. The van der Waals surface area contributed by atoms with Gasteiger partial charge in [-0.25, -0.2) is 4.98 Å². The zero-order chi connectivity index (χ0) is 11.5. The Morgan fingerprint density at radius 3 is 2.88 bits per heavy atom. The third-order valence-corrected chi connectivity index (χ3v) is 2.86. The molecule has 0 amide bonds. The average Bonchev–Trinajstić information content (AvgIpc) is 2.77. The third kappa shape index (κ3) is 2.18. The van der Waals surface area contributed by atoms with Crippen LogP contribution in [0.25, 0.3) is 11.3 Å². The molecule has 1 aromatic heterocycles. The molecule has 0 spiro atoms. The zero-order valence-corrected chi connectivity index (χ0v) is 10.3. The summed E-state index contributed by atoms with van der Waals surface area (Å²) in [5.41, 5.74) is 1.79. The summed E-state index contributed by atoms with van der Waals surface area (Å²) in [4.78, 5) is 7.32. The van der Waals surface area contributed by atoms with Gasteiger partial charge in [-0.05, 0) is 18.2 Å². The van der Waals surface area contributed by atoms with E-state index in [-0.39, 0.29) is 0 Å². The summed E-state index contributed by atoms with van der Waals surface area (Å²) < 4.78 is 5.09. The van der Waals surface area contributed by atoms with Gasteiger partial charge in [-0.15, -0.1) is 0 Å². The number of hydrogen-bond donors (Lipinski definition) is 2. The molecular formula is C11H11ClN2OS. The Balaban J connectivity index is 2.40. The second-order valence-electron chi connectivity index (χ2n) is 3.25. The van der Waals surface area contributed by atoms with Gasteiger partial charge in [0.2, 0.25) is 0 Å². The maximum atomic E-state index is 6.15. The van der Waals surface area contributed by atoms with Gasteiger partial charge in [0.25, 0.3) is 0 Å². The number of aromatic nitrogens is 2. The highest BCUT2D eigenvalue weighted by Gasteiger charge is 2.07. The predicted molar refractivity (Wildman–Crippen MR) is 68.3 cm³/mol. The highest BCUT2D eigenvalue weighted by molar-refractivity contribution is 7.79. The van der Waals surface area contributed by atoms with Crippen LogP contribution in [0.3, 0.4) is 0 Å². The maximum absolute atomic E-state index is 6.15. The number of rotatable bonds is 3. The van der Waals surface area contributed by atoms with E-state index in [0.29, 0.717) is 10.8 Å². The Hall–Kier alpha value is -1.13. The van der Waals surface area contributed by atoms with Crippen molar-refractivity contribution in [2.24, 2.45) is 0 Å². The molecule has 16 heavy (non-hydrogen) atoms. The summed E-state index contributed by atoms with van der Waals surface area (Å²) in [6, 6.07) is 5.54. The van der Waals surface area contributed by atoms with Gasteiger partial charge in [0.1, 0.15) is 11.6 Å². The number of methoxy groups -OCH3 is 1. The average molecular weight is 255 g/mol. The maximum Gasteiger partial charge on any atom is 0.120 e. The number of benzene rings is 1. The quantitative estimate of drug-likeness (QED) is 0.826. The van der Waals surface area contributed by atoms with Gasteiger partial charge >= 0.3 is 0 Å². The summed E-state index contributed by atoms with van der Waals surface area (Å²) in [5, 5.41) is 0.633. The minimum absolute atomic E-state index is 0.577. The molecule has 0 aliphatic rings. The number of imidazole rings is 1. The minimum atomic E-state index is 0.577. The summed E-state index contributed by atoms with van der Waals surface area (Å²) in [5.74, 6) is 2.14. The highest BCUT2D eigenvalue weighted by atomic mass is 35.5. The van der Waals surface area contributed by atoms with E-state index in [1.807, 2.05) is 12.1 Å². The van der Waals surface area contributed by atoms with Crippen molar-refractivity contribution in [3.8, 4) is 17.0 Å². The lowest BCUT2D eigenvalue weighted by Gasteiger charge is -2.04. The van der Waals surface area contributed by atoms with Crippen LogP contribution in [0.15, 0.2) is 24.4 Å². The Bertz CT molecular complexity index is 498. The van der Waals surface area contributed by atoms with Crippen LogP contribution < -0.4 is 4.74 Å². The lowest BCUT2D eigenvalue weighted by atomic mass is 10.1. The van der Waals surface area contributed by atoms with E-state index in [9.17, 15) is 0 Å². The monoisotopic (exact) mass is 254 g/mol. The standard InChI is InChI=1S/C11H11ClN2OS/c1-15-7-2-3-8(9(12)4-7)10-5-13-11(6-16)14-10/h2-5,16H,6H2,1H3,(H,13,14). The van der Waals surface area contributed by atoms with Crippen LogP contribution in [-0.4, -0.2) is 17.1 Å². The third-order valence-electron chi connectivity index (χ3n) is 2.24. The number of H-pyrrole nitrogens is 1. The fraction of sp³-hybridized carbons (Fsp3) is 0.182. The number of nitrogens with zero attached hydrogens (tertiary/aromatic N) is 1. The number of aromatic amines is 1. The van der Waals surface area contributed by atoms with Crippen molar-refractivity contribution >= 4 is 24.2 Å². The van der Waals surface area contributed by atoms with E-state index in [2.05, 4.69) is 22.6 Å². The van der Waals surface area contributed by atoms with Crippen molar-refractivity contribution in [2.75, 3.05) is 7.11 Å². The molecule has 0 radical (unpaired) electrons. The van der Waals surface area contributed by atoms with E-state index in [0.717, 1.165) is 22.8 Å². The van der Waals surface area contributed by atoms with Crippen molar-refractivity contribution in [1.29, 1.82) is 0 Å². The van der Waals surface area contributed by atoms with Gasteiger partial charge in [0, 0.05) is 11.3 Å². The van der Waals surface area contributed by atoms with Gasteiger partial charge in [-0.1, -0.05) is 11.6 Å². The molecule has 1 aromatic carbocycles. The van der Waals surface area contributed by atoms with E-state index < -0.39 is 0 Å². The largest absolute Gasteiger partial charge is 0.497 e. The number of ether oxygens (including phenoxy) is 1. The normalized spacial score (nSPS) is 10.4. The van der Waals surface area contributed by atoms with E-state index >= 15 is 0 Å². The molecule has 0 aliphatic heterocycles. The molecule has 0 unspecified atom stereocenters. The minimum Gasteiger partial charge on any atom is -0.497 e.